The highest BCUT2D eigenvalue weighted by Crippen LogP contribution is 2.53. The van der Waals surface area contributed by atoms with Gasteiger partial charge in [-0.1, -0.05) is 65.7 Å². The van der Waals surface area contributed by atoms with Crippen molar-refractivity contribution in [3.8, 4) is 0 Å². The molecule has 0 bridgehead atoms. The normalized spacial score (nSPS) is 22.0. The Kier molecular flexibility index (Phi) is 9.72. The van der Waals surface area contributed by atoms with E-state index in [1.165, 1.54) is 48.5 Å². The molecule has 1 saturated carbocycles. The molecule has 8 nitrogen and oxygen atoms in total. The van der Waals surface area contributed by atoms with Crippen LogP contribution in [0.5, 0.6) is 0 Å². The van der Waals surface area contributed by atoms with Gasteiger partial charge in [-0.2, -0.15) is 13.2 Å². The van der Waals surface area contributed by atoms with Crippen molar-refractivity contribution in [2.75, 3.05) is 6.54 Å². The first kappa shape index (κ1) is 34.1. The predicted molar refractivity (Wildman–Crippen MR) is 161 cm³/mol. The topological polar surface area (TPSA) is 113 Å². The number of nitrogens with one attached hydrogen (secondary N) is 1. The molecular weight excluding hydrogens is 675 g/mol. The number of amides is 1. The zero-order valence-corrected chi connectivity index (χ0v) is 26.2. The number of rotatable bonds is 11. The molecule has 1 saturated heterocycles. The van der Waals surface area contributed by atoms with E-state index >= 15 is 0 Å². The van der Waals surface area contributed by atoms with Gasteiger partial charge in [0.15, 0.2) is 0 Å². The van der Waals surface area contributed by atoms with Crippen LogP contribution in [-0.4, -0.2) is 55.2 Å². The molecule has 15 heteroatoms. The number of ether oxygens (including phenoxy) is 1. The van der Waals surface area contributed by atoms with Crippen LogP contribution in [0.4, 0.5) is 17.6 Å². The van der Waals surface area contributed by atoms with Gasteiger partial charge < -0.3 is 14.7 Å². The van der Waals surface area contributed by atoms with Crippen LogP contribution in [-0.2, 0) is 29.1 Å². The maximum absolute atomic E-state index is 14.7. The van der Waals surface area contributed by atoms with Gasteiger partial charge in [-0.05, 0) is 54.3 Å². The summed E-state index contributed by atoms with van der Waals surface area (Å²) in [7, 11) is -4.48. The Balaban J connectivity index is 1.60. The Bertz CT molecular complexity index is 1720. The van der Waals surface area contributed by atoms with E-state index in [1.807, 2.05) is 0 Å². The number of carbonyl (C=O) groups is 2. The Morgan fingerprint density at radius 1 is 1.02 bits per heavy atom. The lowest BCUT2D eigenvalue weighted by molar-refractivity contribution is -0.192. The van der Waals surface area contributed by atoms with Gasteiger partial charge in [0.1, 0.15) is 22.8 Å². The van der Waals surface area contributed by atoms with Gasteiger partial charge in [0.05, 0.1) is 24.9 Å². The third-order valence-corrected chi connectivity index (χ3v) is 10.8. The molecule has 4 atom stereocenters. The van der Waals surface area contributed by atoms with Crippen LogP contribution in [0.25, 0.3) is 0 Å². The molecule has 1 aliphatic carbocycles. The van der Waals surface area contributed by atoms with Gasteiger partial charge in [-0.25, -0.2) is 17.5 Å². The van der Waals surface area contributed by atoms with E-state index in [9.17, 15) is 40.7 Å². The van der Waals surface area contributed by atoms with Gasteiger partial charge in [-0.3, -0.25) is 9.59 Å². The molecule has 1 aliphatic heterocycles. The second-order valence-corrected chi connectivity index (χ2v) is 14.2. The standard InChI is InChI=1S/C31H28Cl2F4N2O6S/c32-20-10-8-18(9-11-20)27-28(19-4-3-5-21(33)14-19)45-25(15-26(40)41)29(42)39(27)22(16-31(35,36)37)17-38-46(43,44)30(12-13-30)23-6-1-2-7-24(23)34/h1-11,14,22,25,27-28,38H,12-13,15-17H2,(H,40,41)/t22-,25+,27-,28-/m1/s1. The summed E-state index contributed by atoms with van der Waals surface area (Å²) in [5, 5.41) is 10.1. The number of halogens is 6. The summed E-state index contributed by atoms with van der Waals surface area (Å²) in [6.07, 6.45) is -10.3. The highest BCUT2D eigenvalue weighted by Gasteiger charge is 2.58. The number of aliphatic carboxylic acids is 1. The molecule has 5 rings (SSSR count). The SMILES string of the molecule is O=C(O)C[C@@H]1O[C@H](c2cccc(Cl)c2)[C@@H](c2ccc(Cl)cc2)N([C@@H](CNS(=O)(=O)C2(c3ccccc3F)CC2)CC(F)(F)F)C1=O. The molecule has 246 valence electrons. The minimum absolute atomic E-state index is 0.0363. The number of hydrogen-bond acceptors (Lipinski definition) is 5. The number of carbonyl (C=O) groups excluding carboxylic acids is 1. The summed E-state index contributed by atoms with van der Waals surface area (Å²) in [5.41, 5.74) is 0.513. The van der Waals surface area contributed by atoms with Crippen molar-refractivity contribution in [3.63, 3.8) is 0 Å². The minimum atomic E-state index is -4.89. The van der Waals surface area contributed by atoms with Crippen molar-refractivity contribution in [3.05, 3.63) is 105 Å². The first-order chi connectivity index (χ1) is 21.6. The number of carboxylic acids is 1. The number of benzene rings is 3. The summed E-state index contributed by atoms with van der Waals surface area (Å²) in [5.74, 6) is -3.30. The zero-order chi connectivity index (χ0) is 33.4. The molecule has 3 aromatic carbocycles. The maximum atomic E-state index is 14.7. The maximum Gasteiger partial charge on any atom is 0.391 e. The number of hydrogen-bond donors (Lipinski definition) is 2. The number of nitrogens with zero attached hydrogens (tertiary/aromatic N) is 1. The van der Waals surface area contributed by atoms with E-state index in [1.54, 1.807) is 18.2 Å². The van der Waals surface area contributed by atoms with Crippen LogP contribution in [0, 0.1) is 5.82 Å². The zero-order valence-electron chi connectivity index (χ0n) is 23.9. The van der Waals surface area contributed by atoms with Gasteiger partial charge in [-0.15, -0.1) is 0 Å². The average molecular weight is 704 g/mol. The Labute approximate surface area is 272 Å². The van der Waals surface area contributed by atoms with Crippen molar-refractivity contribution >= 4 is 45.1 Å². The van der Waals surface area contributed by atoms with E-state index in [4.69, 9.17) is 27.9 Å². The molecule has 2 fully saturated rings. The summed E-state index contributed by atoms with van der Waals surface area (Å²) in [6.45, 7) is -0.907. The van der Waals surface area contributed by atoms with E-state index < -0.39 is 82.3 Å². The largest absolute Gasteiger partial charge is 0.481 e. The molecule has 1 heterocycles. The fourth-order valence-corrected chi connectivity index (χ4v) is 8.01. The number of alkyl halides is 3. The van der Waals surface area contributed by atoms with Crippen molar-refractivity contribution in [1.82, 2.24) is 9.62 Å². The van der Waals surface area contributed by atoms with Crippen LogP contribution in [0.3, 0.4) is 0 Å². The smallest absolute Gasteiger partial charge is 0.391 e. The summed E-state index contributed by atoms with van der Waals surface area (Å²) < 4.78 is 91.1. The third-order valence-electron chi connectivity index (χ3n) is 8.13. The lowest BCUT2D eigenvalue weighted by Gasteiger charge is -2.48. The molecule has 2 aliphatic rings. The van der Waals surface area contributed by atoms with Gasteiger partial charge in [0.25, 0.3) is 5.91 Å². The van der Waals surface area contributed by atoms with Crippen molar-refractivity contribution in [2.45, 2.75) is 60.9 Å². The number of morpholine rings is 1. The molecule has 0 spiro atoms. The van der Waals surface area contributed by atoms with E-state index in [0.29, 0.717) is 10.6 Å². The van der Waals surface area contributed by atoms with E-state index in [2.05, 4.69) is 4.72 Å². The second kappa shape index (κ2) is 13.1. The summed E-state index contributed by atoms with van der Waals surface area (Å²) in [4.78, 5) is 26.6. The van der Waals surface area contributed by atoms with Crippen molar-refractivity contribution in [1.29, 1.82) is 0 Å². The summed E-state index contributed by atoms with van der Waals surface area (Å²) >= 11 is 12.3. The molecule has 0 aromatic heterocycles. The van der Waals surface area contributed by atoms with Crippen LogP contribution in [0.15, 0.2) is 72.8 Å². The molecule has 2 N–H and O–H groups in total. The quantitative estimate of drug-likeness (QED) is 0.219. The third kappa shape index (κ3) is 7.18. The second-order valence-electron chi connectivity index (χ2n) is 11.2. The predicted octanol–water partition coefficient (Wildman–Crippen LogP) is 6.55. The minimum Gasteiger partial charge on any atom is -0.481 e. The fourth-order valence-electron chi connectivity index (χ4n) is 5.91. The molecule has 46 heavy (non-hydrogen) atoms. The summed E-state index contributed by atoms with van der Waals surface area (Å²) in [6, 6.07) is 14.1. The van der Waals surface area contributed by atoms with E-state index in [-0.39, 0.29) is 29.0 Å². The number of sulfonamides is 1. The van der Waals surface area contributed by atoms with Crippen molar-refractivity contribution in [2.24, 2.45) is 0 Å². The first-order valence-corrected chi connectivity index (χ1v) is 16.4. The van der Waals surface area contributed by atoms with Crippen molar-refractivity contribution < 1.29 is 45.4 Å². The van der Waals surface area contributed by atoms with Crippen LogP contribution in [0.1, 0.15) is 54.5 Å². The lowest BCUT2D eigenvalue weighted by atomic mass is 9.89. The number of carboxylic acid groups (broad SMARTS) is 1. The average Bonchev–Trinajstić information content (AvgIpc) is 3.79. The highest BCUT2D eigenvalue weighted by molar-refractivity contribution is 7.90. The van der Waals surface area contributed by atoms with Crippen LogP contribution < -0.4 is 4.72 Å². The molecular formula is C31H28Cl2F4N2O6S. The van der Waals surface area contributed by atoms with E-state index in [0.717, 1.165) is 11.0 Å². The molecule has 0 radical (unpaired) electrons. The first-order valence-electron chi connectivity index (χ1n) is 14.1. The molecule has 3 aromatic rings. The van der Waals surface area contributed by atoms with Gasteiger partial charge >= 0.3 is 12.1 Å². The Morgan fingerprint density at radius 2 is 1.70 bits per heavy atom. The molecule has 1 amide bonds. The van der Waals surface area contributed by atoms with Crippen LogP contribution >= 0.6 is 23.2 Å². The Hall–Kier alpha value is -3.23. The molecule has 0 unspecified atom stereocenters. The Morgan fingerprint density at radius 3 is 2.28 bits per heavy atom. The monoisotopic (exact) mass is 702 g/mol. The fraction of sp³-hybridized carbons (Fsp3) is 0.355. The highest BCUT2D eigenvalue weighted by atomic mass is 35.5. The lowest BCUT2D eigenvalue weighted by Crippen LogP contribution is -2.58. The van der Waals surface area contributed by atoms with Gasteiger partial charge in [0, 0.05) is 22.2 Å². The van der Waals surface area contributed by atoms with Crippen LogP contribution in [0.2, 0.25) is 10.0 Å². The van der Waals surface area contributed by atoms with Gasteiger partial charge in [0.2, 0.25) is 10.0 Å².